The summed E-state index contributed by atoms with van der Waals surface area (Å²) in [5.74, 6) is -0.798. The third kappa shape index (κ3) is 3.28. The number of amides is 1. The van der Waals surface area contributed by atoms with Gasteiger partial charge >= 0.3 is 0 Å². The molecular formula is C16H16FNO4. The van der Waals surface area contributed by atoms with E-state index < -0.39 is 17.5 Å². The van der Waals surface area contributed by atoms with E-state index >= 15 is 0 Å². The summed E-state index contributed by atoms with van der Waals surface area (Å²) in [5.41, 5.74) is 0.796. The number of nitrogens with one attached hydrogen (secondary N) is 1. The van der Waals surface area contributed by atoms with E-state index in [1.807, 2.05) is 0 Å². The van der Waals surface area contributed by atoms with Crippen molar-refractivity contribution in [3.8, 4) is 17.2 Å². The van der Waals surface area contributed by atoms with Crippen LogP contribution in [0.1, 0.15) is 15.9 Å². The van der Waals surface area contributed by atoms with E-state index in [1.54, 1.807) is 18.2 Å². The smallest absolute Gasteiger partial charge is 0.259 e. The Morgan fingerprint density at radius 2 is 1.82 bits per heavy atom. The maximum atomic E-state index is 13.3. The van der Waals surface area contributed by atoms with Gasteiger partial charge in [-0.2, -0.15) is 0 Å². The van der Waals surface area contributed by atoms with Gasteiger partial charge in [0, 0.05) is 6.54 Å². The SMILES string of the molecule is COc1cccc(OC)c1C(=O)NCc1ccc(O)c(F)c1. The van der Waals surface area contributed by atoms with Crippen molar-refractivity contribution < 1.29 is 23.8 Å². The second-order valence-electron chi connectivity index (χ2n) is 4.51. The molecule has 0 fully saturated rings. The fourth-order valence-electron chi connectivity index (χ4n) is 2.01. The molecule has 0 aliphatic rings. The number of ether oxygens (including phenoxy) is 2. The second-order valence-corrected chi connectivity index (χ2v) is 4.51. The van der Waals surface area contributed by atoms with Gasteiger partial charge in [-0.3, -0.25) is 4.79 Å². The quantitative estimate of drug-likeness (QED) is 0.890. The number of carbonyl (C=O) groups is 1. The van der Waals surface area contributed by atoms with Crippen LogP contribution in [-0.2, 0) is 6.54 Å². The van der Waals surface area contributed by atoms with Crippen molar-refractivity contribution in [3.63, 3.8) is 0 Å². The number of carbonyl (C=O) groups excluding carboxylic acids is 1. The minimum atomic E-state index is -0.735. The molecule has 0 atom stereocenters. The molecule has 0 aliphatic heterocycles. The summed E-state index contributed by atoms with van der Waals surface area (Å²) in [6.45, 7) is 0.108. The number of hydrogen-bond acceptors (Lipinski definition) is 4. The molecule has 2 aromatic carbocycles. The average molecular weight is 305 g/mol. The standard InChI is InChI=1S/C16H16FNO4/c1-21-13-4-3-5-14(22-2)15(13)16(20)18-9-10-6-7-12(19)11(17)8-10/h3-8,19H,9H2,1-2H3,(H,18,20). The first-order chi connectivity index (χ1) is 10.6. The number of methoxy groups -OCH3 is 2. The van der Waals surface area contributed by atoms with Crippen LogP contribution in [0.5, 0.6) is 17.2 Å². The molecule has 2 N–H and O–H groups in total. The summed E-state index contributed by atoms with van der Waals surface area (Å²) >= 11 is 0. The molecule has 0 aliphatic carbocycles. The van der Waals surface area contributed by atoms with Gasteiger partial charge in [-0.25, -0.2) is 4.39 Å². The molecule has 2 rings (SSSR count). The summed E-state index contributed by atoms with van der Waals surface area (Å²) in [6.07, 6.45) is 0. The molecule has 116 valence electrons. The predicted octanol–water partition coefficient (Wildman–Crippen LogP) is 2.48. The summed E-state index contributed by atoms with van der Waals surface area (Å²) < 4.78 is 23.6. The van der Waals surface area contributed by atoms with Crippen LogP contribution >= 0.6 is 0 Å². The largest absolute Gasteiger partial charge is 0.505 e. The highest BCUT2D eigenvalue weighted by Crippen LogP contribution is 2.28. The van der Waals surface area contributed by atoms with E-state index in [9.17, 15) is 9.18 Å². The van der Waals surface area contributed by atoms with E-state index in [-0.39, 0.29) is 12.1 Å². The van der Waals surface area contributed by atoms with Crippen LogP contribution in [0.25, 0.3) is 0 Å². The first kappa shape index (κ1) is 15.6. The Bertz CT molecular complexity index is 666. The summed E-state index contributed by atoms with van der Waals surface area (Å²) in [7, 11) is 2.92. The molecule has 1 amide bonds. The number of rotatable bonds is 5. The zero-order valence-corrected chi connectivity index (χ0v) is 12.2. The molecule has 2 aromatic rings. The highest BCUT2D eigenvalue weighted by atomic mass is 19.1. The number of phenolic OH excluding ortho intramolecular Hbond substituents is 1. The molecule has 6 heteroatoms. The van der Waals surface area contributed by atoms with Crippen LogP contribution in [0.15, 0.2) is 36.4 Å². The minimum Gasteiger partial charge on any atom is -0.505 e. The minimum absolute atomic E-state index is 0.108. The van der Waals surface area contributed by atoms with Gasteiger partial charge in [-0.05, 0) is 29.8 Å². The Hall–Kier alpha value is -2.76. The molecule has 0 bridgehead atoms. The van der Waals surface area contributed by atoms with Crippen LogP contribution in [0.4, 0.5) is 4.39 Å². The van der Waals surface area contributed by atoms with Crippen LogP contribution in [-0.4, -0.2) is 25.2 Å². The molecule has 0 aromatic heterocycles. The van der Waals surface area contributed by atoms with Crippen LogP contribution in [0, 0.1) is 5.82 Å². The number of benzene rings is 2. The van der Waals surface area contributed by atoms with Gasteiger partial charge in [-0.1, -0.05) is 12.1 Å². The van der Waals surface area contributed by atoms with Crippen molar-refractivity contribution >= 4 is 5.91 Å². The monoisotopic (exact) mass is 305 g/mol. The molecule has 5 nitrogen and oxygen atoms in total. The molecule has 0 unspecified atom stereocenters. The molecule has 22 heavy (non-hydrogen) atoms. The van der Waals surface area contributed by atoms with Crippen LogP contribution in [0.2, 0.25) is 0 Å². The van der Waals surface area contributed by atoms with Gasteiger partial charge in [0.2, 0.25) is 0 Å². The Labute approximate surface area is 127 Å². The lowest BCUT2D eigenvalue weighted by Crippen LogP contribution is -2.24. The van der Waals surface area contributed by atoms with Gasteiger partial charge < -0.3 is 19.9 Å². The van der Waals surface area contributed by atoms with Crippen molar-refractivity contribution in [1.29, 1.82) is 0 Å². The van der Waals surface area contributed by atoms with Crippen molar-refractivity contribution in [2.45, 2.75) is 6.54 Å². The van der Waals surface area contributed by atoms with Crippen molar-refractivity contribution in [2.24, 2.45) is 0 Å². The number of hydrogen-bond donors (Lipinski definition) is 2. The van der Waals surface area contributed by atoms with E-state index in [0.29, 0.717) is 17.1 Å². The lowest BCUT2D eigenvalue weighted by atomic mass is 10.1. The Morgan fingerprint density at radius 3 is 2.36 bits per heavy atom. The van der Waals surface area contributed by atoms with Gasteiger partial charge in [0.05, 0.1) is 14.2 Å². The fourth-order valence-corrected chi connectivity index (χ4v) is 2.01. The zero-order chi connectivity index (χ0) is 16.1. The van der Waals surface area contributed by atoms with Crippen molar-refractivity contribution in [3.05, 3.63) is 53.3 Å². The van der Waals surface area contributed by atoms with Crippen molar-refractivity contribution in [1.82, 2.24) is 5.32 Å². The Balaban J connectivity index is 2.17. The highest BCUT2D eigenvalue weighted by Gasteiger charge is 2.17. The second kappa shape index (κ2) is 6.80. The number of aromatic hydroxyl groups is 1. The first-order valence-electron chi connectivity index (χ1n) is 6.53. The first-order valence-corrected chi connectivity index (χ1v) is 6.53. The summed E-state index contributed by atoms with van der Waals surface area (Å²) in [6, 6.07) is 8.94. The third-order valence-electron chi connectivity index (χ3n) is 3.12. The topological polar surface area (TPSA) is 67.8 Å². The summed E-state index contributed by atoms with van der Waals surface area (Å²) in [5, 5.41) is 11.8. The van der Waals surface area contributed by atoms with Gasteiger partial charge in [0.25, 0.3) is 5.91 Å². The maximum absolute atomic E-state index is 13.3. The number of halogens is 1. The van der Waals surface area contributed by atoms with Gasteiger partial charge in [0.1, 0.15) is 17.1 Å². The molecule has 0 heterocycles. The van der Waals surface area contributed by atoms with E-state index in [1.165, 1.54) is 26.4 Å². The Morgan fingerprint density at radius 1 is 1.18 bits per heavy atom. The molecule has 0 saturated heterocycles. The zero-order valence-electron chi connectivity index (χ0n) is 12.2. The predicted molar refractivity (Wildman–Crippen MR) is 78.8 cm³/mol. The molecule has 0 saturated carbocycles. The normalized spacial score (nSPS) is 10.1. The van der Waals surface area contributed by atoms with E-state index in [2.05, 4.69) is 5.32 Å². The average Bonchev–Trinajstić information content (AvgIpc) is 2.54. The Kier molecular flexibility index (Phi) is 4.83. The van der Waals surface area contributed by atoms with Crippen LogP contribution < -0.4 is 14.8 Å². The van der Waals surface area contributed by atoms with Gasteiger partial charge in [-0.15, -0.1) is 0 Å². The molecule has 0 spiro atoms. The molecule has 0 radical (unpaired) electrons. The fraction of sp³-hybridized carbons (Fsp3) is 0.188. The van der Waals surface area contributed by atoms with Gasteiger partial charge in [0.15, 0.2) is 11.6 Å². The molecular weight excluding hydrogens is 289 g/mol. The van der Waals surface area contributed by atoms with Crippen molar-refractivity contribution in [2.75, 3.05) is 14.2 Å². The van der Waals surface area contributed by atoms with E-state index in [0.717, 1.165) is 6.07 Å². The summed E-state index contributed by atoms with van der Waals surface area (Å²) in [4.78, 5) is 12.3. The highest BCUT2D eigenvalue weighted by molar-refractivity contribution is 5.99. The number of phenols is 1. The van der Waals surface area contributed by atoms with E-state index in [4.69, 9.17) is 14.6 Å². The third-order valence-corrected chi connectivity index (χ3v) is 3.12. The van der Waals surface area contributed by atoms with Crippen LogP contribution in [0.3, 0.4) is 0 Å². The lowest BCUT2D eigenvalue weighted by molar-refractivity contribution is 0.0944. The lowest BCUT2D eigenvalue weighted by Gasteiger charge is -2.13. The maximum Gasteiger partial charge on any atom is 0.259 e.